The lowest BCUT2D eigenvalue weighted by Crippen LogP contribution is -2.60. The molecule has 7 heteroatoms. The number of hydrogen-bond acceptors (Lipinski definition) is 4. The Hall–Kier alpha value is -3.06. The summed E-state index contributed by atoms with van der Waals surface area (Å²) in [5.41, 5.74) is 6.94. The molecule has 1 spiro atoms. The first-order valence-corrected chi connectivity index (χ1v) is 13.8. The molecule has 1 saturated heterocycles. The molecule has 2 fully saturated rings. The van der Waals surface area contributed by atoms with Crippen LogP contribution in [0.2, 0.25) is 0 Å². The van der Waals surface area contributed by atoms with E-state index in [-0.39, 0.29) is 12.1 Å². The molecule has 1 aromatic heterocycles. The number of imidazole rings is 1. The maximum atomic E-state index is 12.2. The van der Waals surface area contributed by atoms with Crippen LogP contribution in [0.1, 0.15) is 68.6 Å². The molecule has 7 nitrogen and oxygen atoms in total. The topological polar surface area (TPSA) is 79.6 Å². The lowest BCUT2D eigenvalue weighted by atomic mass is 9.61. The minimum atomic E-state index is -0.881. The second-order valence-corrected chi connectivity index (χ2v) is 11.8. The van der Waals surface area contributed by atoms with Gasteiger partial charge < -0.3 is 19.7 Å². The third-order valence-electron chi connectivity index (χ3n) is 8.63. The van der Waals surface area contributed by atoms with Crippen LogP contribution >= 0.6 is 0 Å². The van der Waals surface area contributed by atoms with Crippen LogP contribution in [0.3, 0.4) is 0 Å². The van der Waals surface area contributed by atoms with E-state index in [2.05, 4.69) is 41.1 Å². The lowest BCUT2D eigenvalue weighted by Gasteiger charge is -2.55. The van der Waals surface area contributed by atoms with Gasteiger partial charge in [0.25, 0.3) is 0 Å². The molecule has 1 amide bonds. The number of nitrogens with one attached hydrogen (secondary N) is 1. The summed E-state index contributed by atoms with van der Waals surface area (Å²) >= 11 is 0. The van der Waals surface area contributed by atoms with Crippen molar-refractivity contribution in [2.24, 2.45) is 5.41 Å². The van der Waals surface area contributed by atoms with E-state index in [1.54, 1.807) is 4.90 Å². The van der Waals surface area contributed by atoms with Gasteiger partial charge in [0, 0.05) is 37.2 Å². The Morgan fingerprint density at radius 3 is 2.70 bits per heavy atom. The van der Waals surface area contributed by atoms with Crippen LogP contribution in [0.5, 0.6) is 5.75 Å². The molecule has 196 valence electrons. The van der Waals surface area contributed by atoms with Crippen LogP contribution < -0.4 is 15.0 Å². The molecule has 1 unspecified atom stereocenters. The van der Waals surface area contributed by atoms with Crippen molar-refractivity contribution in [2.75, 3.05) is 18.0 Å². The second kappa shape index (κ2) is 9.05. The molecule has 3 aliphatic rings. The summed E-state index contributed by atoms with van der Waals surface area (Å²) < 4.78 is 8.44. The van der Waals surface area contributed by atoms with Gasteiger partial charge in [-0.05, 0) is 94.5 Å². The maximum absolute atomic E-state index is 12.2. The predicted octanol–water partition coefficient (Wildman–Crippen LogP) is 5.66. The SMILES string of the molecule is Cc1cc2c(c3nc(CCc4cccc(OC(C)C)c4)n(C4CC5(CNC5)C4)c13)CCC(C)N2C(=O)O. The van der Waals surface area contributed by atoms with Crippen molar-refractivity contribution in [1.82, 2.24) is 14.9 Å². The van der Waals surface area contributed by atoms with Crippen molar-refractivity contribution in [3.05, 3.63) is 52.8 Å². The van der Waals surface area contributed by atoms with Gasteiger partial charge in [-0.1, -0.05) is 12.1 Å². The quantitative estimate of drug-likeness (QED) is 0.455. The zero-order valence-corrected chi connectivity index (χ0v) is 22.4. The second-order valence-electron chi connectivity index (χ2n) is 11.8. The Kier molecular flexibility index (Phi) is 5.94. The summed E-state index contributed by atoms with van der Waals surface area (Å²) in [5.74, 6) is 2.03. The molecular weight excluding hydrogens is 464 g/mol. The molecule has 1 atom stereocenters. The smallest absolute Gasteiger partial charge is 0.412 e. The zero-order valence-electron chi connectivity index (χ0n) is 22.4. The third kappa shape index (κ3) is 4.17. The van der Waals surface area contributed by atoms with E-state index in [1.807, 2.05) is 26.8 Å². The summed E-state index contributed by atoms with van der Waals surface area (Å²) in [4.78, 5) is 19.0. The lowest BCUT2D eigenvalue weighted by molar-refractivity contribution is 0.00807. The van der Waals surface area contributed by atoms with Crippen molar-refractivity contribution in [2.45, 2.75) is 84.4 Å². The van der Waals surface area contributed by atoms with E-state index < -0.39 is 6.09 Å². The number of carboxylic acid groups (broad SMARTS) is 1. The van der Waals surface area contributed by atoms with Crippen molar-refractivity contribution >= 4 is 22.8 Å². The van der Waals surface area contributed by atoms with Crippen molar-refractivity contribution < 1.29 is 14.6 Å². The highest BCUT2D eigenvalue weighted by atomic mass is 16.5. The number of nitrogens with zero attached hydrogens (tertiary/aromatic N) is 3. The van der Waals surface area contributed by atoms with Gasteiger partial charge in [0.15, 0.2) is 0 Å². The number of anilines is 1. The summed E-state index contributed by atoms with van der Waals surface area (Å²) in [6.45, 7) is 10.5. The zero-order chi connectivity index (χ0) is 25.9. The molecule has 0 radical (unpaired) electrons. The van der Waals surface area contributed by atoms with Gasteiger partial charge in [0.2, 0.25) is 0 Å². The Balaban J connectivity index is 1.40. The summed E-state index contributed by atoms with van der Waals surface area (Å²) in [6.07, 6.45) is 5.05. The van der Waals surface area contributed by atoms with Crippen LogP contribution in [0, 0.1) is 12.3 Å². The average molecular weight is 503 g/mol. The normalized spacial score (nSPS) is 20.7. The predicted molar refractivity (Wildman–Crippen MR) is 146 cm³/mol. The number of ether oxygens (including phenoxy) is 1. The van der Waals surface area contributed by atoms with E-state index in [1.165, 1.54) is 23.9 Å². The Bertz CT molecular complexity index is 1350. The number of aryl methyl sites for hydroxylation is 4. The van der Waals surface area contributed by atoms with Gasteiger partial charge in [-0.3, -0.25) is 4.90 Å². The minimum Gasteiger partial charge on any atom is -0.491 e. The fourth-order valence-corrected chi connectivity index (χ4v) is 6.78. The maximum Gasteiger partial charge on any atom is 0.412 e. The number of rotatable bonds is 6. The van der Waals surface area contributed by atoms with Crippen LogP contribution in [0.4, 0.5) is 10.5 Å². The Morgan fingerprint density at radius 2 is 2.03 bits per heavy atom. The number of fused-ring (bicyclic) bond motifs is 3. The van der Waals surface area contributed by atoms with Crippen molar-refractivity contribution in [3.8, 4) is 5.75 Å². The van der Waals surface area contributed by atoms with Crippen LogP contribution in [-0.4, -0.2) is 46.0 Å². The average Bonchev–Trinajstić information content (AvgIpc) is 3.15. The molecule has 2 aromatic carbocycles. The van der Waals surface area contributed by atoms with Gasteiger partial charge in [-0.15, -0.1) is 0 Å². The molecule has 37 heavy (non-hydrogen) atoms. The first-order chi connectivity index (χ1) is 17.7. The molecule has 3 heterocycles. The van der Waals surface area contributed by atoms with Crippen molar-refractivity contribution in [3.63, 3.8) is 0 Å². The summed E-state index contributed by atoms with van der Waals surface area (Å²) in [7, 11) is 0. The van der Waals surface area contributed by atoms with E-state index >= 15 is 0 Å². The molecule has 1 saturated carbocycles. The van der Waals surface area contributed by atoms with E-state index in [0.29, 0.717) is 11.5 Å². The molecule has 0 bridgehead atoms. The first-order valence-electron chi connectivity index (χ1n) is 13.8. The molecule has 2 aliphatic heterocycles. The number of carbonyl (C=O) groups is 1. The fourth-order valence-electron chi connectivity index (χ4n) is 6.78. The van der Waals surface area contributed by atoms with Gasteiger partial charge in [0.1, 0.15) is 11.6 Å². The standard InChI is InChI=1S/C30H38N4O3/c1-18(2)37-23-7-5-6-21(13-23)9-11-26-32-27-24-10-8-20(4)33(29(35)36)25(24)12-19(3)28(27)34(26)22-14-30(15-22)16-31-17-30/h5-7,12-13,18,20,22,31H,8-11,14-17H2,1-4H3,(H,35,36). The molecule has 1 aliphatic carbocycles. The molecule has 6 rings (SSSR count). The first kappa shape index (κ1) is 24.3. The number of benzene rings is 2. The number of aromatic nitrogens is 2. The highest BCUT2D eigenvalue weighted by Gasteiger charge is 2.50. The van der Waals surface area contributed by atoms with Crippen LogP contribution in [0.25, 0.3) is 11.0 Å². The van der Waals surface area contributed by atoms with E-state index in [9.17, 15) is 9.90 Å². The molecule has 2 N–H and O–H groups in total. The Morgan fingerprint density at radius 1 is 1.24 bits per heavy atom. The van der Waals surface area contributed by atoms with E-state index in [4.69, 9.17) is 9.72 Å². The summed E-state index contributed by atoms with van der Waals surface area (Å²) in [5, 5.41) is 13.4. The van der Waals surface area contributed by atoms with Crippen LogP contribution in [-0.2, 0) is 19.3 Å². The van der Waals surface area contributed by atoms with Gasteiger partial charge >= 0.3 is 6.09 Å². The third-order valence-corrected chi connectivity index (χ3v) is 8.63. The monoisotopic (exact) mass is 502 g/mol. The number of hydrogen-bond donors (Lipinski definition) is 2. The molecule has 3 aromatic rings. The van der Waals surface area contributed by atoms with Crippen molar-refractivity contribution in [1.29, 1.82) is 0 Å². The van der Waals surface area contributed by atoms with Gasteiger partial charge in [-0.2, -0.15) is 0 Å². The highest BCUT2D eigenvalue weighted by Crippen LogP contribution is 2.53. The number of amides is 1. The van der Waals surface area contributed by atoms with E-state index in [0.717, 1.165) is 72.7 Å². The molecular formula is C30H38N4O3. The van der Waals surface area contributed by atoms with Gasteiger partial charge in [0.05, 0.1) is 22.8 Å². The fraction of sp³-hybridized carbons (Fsp3) is 0.533. The highest BCUT2D eigenvalue weighted by molar-refractivity contribution is 5.96. The largest absolute Gasteiger partial charge is 0.491 e. The van der Waals surface area contributed by atoms with Crippen LogP contribution in [0.15, 0.2) is 30.3 Å². The van der Waals surface area contributed by atoms with Gasteiger partial charge in [-0.25, -0.2) is 9.78 Å². The minimum absolute atomic E-state index is 0.0265. The Labute approximate surface area is 218 Å². The summed E-state index contributed by atoms with van der Waals surface area (Å²) in [6, 6.07) is 10.9.